The summed E-state index contributed by atoms with van der Waals surface area (Å²) in [5.41, 5.74) is 0.805. The summed E-state index contributed by atoms with van der Waals surface area (Å²) in [7, 11) is 0. The molecule has 1 aliphatic rings. The molecule has 1 aromatic rings. The first kappa shape index (κ1) is 15.4. The Morgan fingerprint density at radius 2 is 1.60 bits per heavy atom. The maximum Gasteiger partial charge on any atom is 0.128 e. The average Bonchev–Trinajstić information content (AvgIpc) is 2.36. The normalized spacial score (nSPS) is 19.4. The monoisotopic (exact) mass is 281 g/mol. The third-order valence-corrected chi connectivity index (χ3v) is 4.34. The molecule has 2 rings (SSSR count). The predicted octanol–water partition coefficient (Wildman–Crippen LogP) is 5.04. The minimum absolute atomic E-state index is 0.144. The van der Waals surface area contributed by atoms with Crippen molar-refractivity contribution in [2.75, 3.05) is 0 Å². The van der Waals surface area contributed by atoms with Crippen LogP contribution in [0.25, 0.3) is 0 Å². The largest absolute Gasteiger partial charge is 0.307 e. The summed E-state index contributed by atoms with van der Waals surface area (Å²) in [6, 6.07) is 2.91. The van der Waals surface area contributed by atoms with E-state index in [4.69, 9.17) is 0 Å². The maximum atomic E-state index is 14.0. The number of hydrogen-bond donors (Lipinski definition) is 1. The fourth-order valence-electron chi connectivity index (χ4n) is 3.06. The Bertz CT molecular complexity index is 437. The van der Waals surface area contributed by atoms with Crippen molar-refractivity contribution in [1.29, 1.82) is 0 Å². The SMILES string of the molecule is Cc1cc(F)c(C(C)NC2CCCCCCC2)cc1F. The van der Waals surface area contributed by atoms with Crippen molar-refractivity contribution in [3.63, 3.8) is 0 Å². The first-order valence-corrected chi connectivity index (χ1v) is 7.79. The van der Waals surface area contributed by atoms with Gasteiger partial charge >= 0.3 is 0 Å². The molecule has 0 spiro atoms. The highest BCUT2D eigenvalue weighted by Gasteiger charge is 2.18. The van der Waals surface area contributed by atoms with E-state index in [0.717, 1.165) is 12.8 Å². The summed E-state index contributed by atoms with van der Waals surface area (Å²) >= 11 is 0. The van der Waals surface area contributed by atoms with Gasteiger partial charge in [0.05, 0.1) is 0 Å². The second kappa shape index (κ2) is 7.16. The van der Waals surface area contributed by atoms with Gasteiger partial charge in [-0.25, -0.2) is 8.78 Å². The van der Waals surface area contributed by atoms with Crippen LogP contribution in [0.4, 0.5) is 8.78 Å². The van der Waals surface area contributed by atoms with Gasteiger partial charge in [0.25, 0.3) is 0 Å². The summed E-state index contributed by atoms with van der Waals surface area (Å²) in [6.07, 6.45) is 8.66. The molecule has 0 radical (unpaired) electrons. The van der Waals surface area contributed by atoms with E-state index >= 15 is 0 Å². The highest BCUT2D eigenvalue weighted by Crippen LogP contribution is 2.24. The van der Waals surface area contributed by atoms with E-state index in [0.29, 0.717) is 17.2 Å². The Labute approximate surface area is 120 Å². The standard InChI is InChI=1S/C17H25F2N/c1-12-10-17(19)15(11-16(12)18)13(2)20-14-8-6-4-3-5-7-9-14/h10-11,13-14,20H,3-9H2,1-2H3. The van der Waals surface area contributed by atoms with Crippen LogP contribution in [0.3, 0.4) is 0 Å². The fraction of sp³-hybridized carbons (Fsp3) is 0.647. The van der Waals surface area contributed by atoms with Gasteiger partial charge in [0.2, 0.25) is 0 Å². The molecule has 20 heavy (non-hydrogen) atoms. The van der Waals surface area contributed by atoms with Crippen LogP contribution in [0, 0.1) is 18.6 Å². The van der Waals surface area contributed by atoms with E-state index in [1.54, 1.807) is 6.92 Å². The Morgan fingerprint density at radius 1 is 1.00 bits per heavy atom. The smallest absolute Gasteiger partial charge is 0.128 e. The molecule has 1 N–H and O–H groups in total. The summed E-state index contributed by atoms with van der Waals surface area (Å²) < 4.78 is 27.6. The van der Waals surface area contributed by atoms with Crippen molar-refractivity contribution in [2.45, 2.75) is 70.9 Å². The van der Waals surface area contributed by atoms with Crippen LogP contribution in [-0.2, 0) is 0 Å². The van der Waals surface area contributed by atoms with E-state index < -0.39 is 0 Å². The highest BCUT2D eigenvalue weighted by atomic mass is 19.1. The zero-order chi connectivity index (χ0) is 14.5. The molecular formula is C17H25F2N. The third-order valence-electron chi connectivity index (χ3n) is 4.34. The lowest BCUT2D eigenvalue weighted by Gasteiger charge is -2.25. The maximum absolute atomic E-state index is 14.0. The van der Waals surface area contributed by atoms with Crippen molar-refractivity contribution in [3.8, 4) is 0 Å². The van der Waals surface area contributed by atoms with Crippen LogP contribution in [0.2, 0.25) is 0 Å². The van der Waals surface area contributed by atoms with Crippen molar-refractivity contribution < 1.29 is 8.78 Å². The highest BCUT2D eigenvalue weighted by molar-refractivity contribution is 5.27. The van der Waals surface area contributed by atoms with Gasteiger partial charge < -0.3 is 5.32 Å². The number of nitrogens with one attached hydrogen (secondary N) is 1. The van der Waals surface area contributed by atoms with Gasteiger partial charge in [-0.2, -0.15) is 0 Å². The number of aryl methyl sites for hydroxylation is 1. The van der Waals surface area contributed by atoms with Crippen LogP contribution in [0.15, 0.2) is 12.1 Å². The summed E-state index contributed by atoms with van der Waals surface area (Å²) in [6.45, 7) is 3.51. The lowest BCUT2D eigenvalue weighted by Crippen LogP contribution is -2.32. The molecule has 0 aliphatic heterocycles. The number of halogens is 2. The molecule has 3 heteroatoms. The molecule has 0 bridgehead atoms. The molecule has 1 fully saturated rings. The zero-order valence-corrected chi connectivity index (χ0v) is 12.5. The van der Waals surface area contributed by atoms with Crippen molar-refractivity contribution in [1.82, 2.24) is 5.32 Å². The molecule has 1 aliphatic carbocycles. The van der Waals surface area contributed by atoms with Crippen molar-refractivity contribution in [2.24, 2.45) is 0 Å². The van der Waals surface area contributed by atoms with E-state index in [2.05, 4.69) is 5.32 Å². The molecule has 1 unspecified atom stereocenters. The van der Waals surface area contributed by atoms with Gasteiger partial charge in [0.1, 0.15) is 11.6 Å². The van der Waals surface area contributed by atoms with E-state index in [1.807, 2.05) is 6.92 Å². The summed E-state index contributed by atoms with van der Waals surface area (Å²) in [4.78, 5) is 0. The van der Waals surface area contributed by atoms with Crippen molar-refractivity contribution >= 4 is 0 Å². The molecule has 1 atom stereocenters. The zero-order valence-electron chi connectivity index (χ0n) is 12.5. The van der Waals surface area contributed by atoms with E-state index in [-0.39, 0.29) is 17.7 Å². The van der Waals surface area contributed by atoms with Crippen LogP contribution in [-0.4, -0.2) is 6.04 Å². The van der Waals surface area contributed by atoms with E-state index in [9.17, 15) is 8.78 Å². The second-order valence-electron chi connectivity index (χ2n) is 6.05. The molecule has 0 saturated heterocycles. The first-order chi connectivity index (χ1) is 9.58. The van der Waals surface area contributed by atoms with Gasteiger partial charge in [-0.05, 0) is 44.4 Å². The molecule has 1 nitrogen and oxygen atoms in total. The lowest BCUT2D eigenvalue weighted by molar-refractivity contribution is 0.358. The fourth-order valence-corrected chi connectivity index (χ4v) is 3.06. The topological polar surface area (TPSA) is 12.0 Å². The van der Waals surface area contributed by atoms with Gasteiger partial charge in [0, 0.05) is 17.6 Å². The Hall–Kier alpha value is -0.960. The lowest BCUT2D eigenvalue weighted by atomic mass is 9.95. The Morgan fingerprint density at radius 3 is 2.25 bits per heavy atom. The Kier molecular flexibility index (Phi) is 5.53. The molecule has 112 valence electrons. The van der Waals surface area contributed by atoms with E-state index in [1.165, 1.54) is 44.2 Å². The van der Waals surface area contributed by atoms with Gasteiger partial charge in [-0.15, -0.1) is 0 Å². The second-order valence-corrected chi connectivity index (χ2v) is 6.05. The average molecular weight is 281 g/mol. The van der Waals surface area contributed by atoms with Crippen LogP contribution >= 0.6 is 0 Å². The minimum atomic E-state index is -0.326. The molecule has 1 aromatic carbocycles. The molecule has 0 amide bonds. The number of hydrogen-bond acceptors (Lipinski definition) is 1. The quantitative estimate of drug-likeness (QED) is 0.818. The first-order valence-electron chi connectivity index (χ1n) is 7.79. The molecule has 1 saturated carbocycles. The number of benzene rings is 1. The van der Waals surface area contributed by atoms with Crippen molar-refractivity contribution in [3.05, 3.63) is 34.9 Å². The predicted molar refractivity (Wildman–Crippen MR) is 78.8 cm³/mol. The summed E-state index contributed by atoms with van der Waals surface area (Å²) in [5, 5.41) is 3.48. The third kappa shape index (κ3) is 4.02. The van der Waals surface area contributed by atoms with Crippen LogP contribution in [0.5, 0.6) is 0 Å². The van der Waals surface area contributed by atoms with Gasteiger partial charge in [-0.3, -0.25) is 0 Å². The molecule has 0 heterocycles. The molecular weight excluding hydrogens is 256 g/mol. The Balaban J connectivity index is 2.03. The van der Waals surface area contributed by atoms with Crippen LogP contribution in [0.1, 0.15) is 69.0 Å². The minimum Gasteiger partial charge on any atom is -0.307 e. The van der Waals surface area contributed by atoms with Gasteiger partial charge in [0.15, 0.2) is 0 Å². The van der Waals surface area contributed by atoms with Crippen LogP contribution < -0.4 is 5.32 Å². The number of rotatable bonds is 3. The molecule has 0 aromatic heterocycles. The summed E-state index contributed by atoms with van der Waals surface area (Å²) in [5.74, 6) is -0.637. The van der Waals surface area contributed by atoms with Gasteiger partial charge in [-0.1, -0.05) is 32.1 Å².